The second kappa shape index (κ2) is 4.17. The van der Waals surface area contributed by atoms with Gasteiger partial charge in [-0.3, -0.25) is 4.79 Å². The van der Waals surface area contributed by atoms with E-state index in [1.807, 2.05) is 11.8 Å². The Kier molecular flexibility index (Phi) is 2.98. The second-order valence-electron chi connectivity index (χ2n) is 5.74. The summed E-state index contributed by atoms with van der Waals surface area (Å²) in [5, 5.41) is 0. The number of amides is 1. The number of hydrogen-bond acceptors (Lipinski definition) is 1. The predicted molar refractivity (Wildman–Crippen MR) is 71.5 cm³/mol. The summed E-state index contributed by atoms with van der Waals surface area (Å²) in [6, 6.07) is 6.56. The van der Waals surface area contributed by atoms with Crippen LogP contribution in [0, 0.1) is 0 Å². The minimum absolute atomic E-state index is 0.137. The largest absolute Gasteiger partial charge is 0.312 e. The van der Waals surface area contributed by atoms with Crippen molar-refractivity contribution in [3.05, 3.63) is 29.3 Å². The molecule has 17 heavy (non-hydrogen) atoms. The van der Waals surface area contributed by atoms with Gasteiger partial charge in [0.25, 0.3) is 0 Å². The van der Waals surface area contributed by atoms with E-state index in [0.717, 1.165) is 18.7 Å². The molecule has 1 aromatic carbocycles. The van der Waals surface area contributed by atoms with Crippen LogP contribution in [0.25, 0.3) is 0 Å². The number of fused-ring (bicyclic) bond motifs is 1. The maximum Gasteiger partial charge on any atom is 0.226 e. The summed E-state index contributed by atoms with van der Waals surface area (Å²) in [5.41, 5.74) is 3.87. The molecular formula is C15H21NO. The minimum Gasteiger partial charge on any atom is -0.312 e. The molecule has 2 nitrogen and oxygen atoms in total. The molecule has 92 valence electrons. The van der Waals surface area contributed by atoms with Gasteiger partial charge in [0.1, 0.15) is 0 Å². The fourth-order valence-electron chi connectivity index (χ4n) is 2.30. The Bertz CT molecular complexity index is 443. The quantitative estimate of drug-likeness (QED) is 0.726. The molecule has 2 rings (SSSR count). The summed E-state index contributed by atoms with van der Waals surface area (Å²) in [5.74, 6) is 0.231. The number of benzene rings is 1. The Hall–Kier alpha value is -1.31. The molecule has 1 aromatic rings. The van der Waals surface area contributed by atoms with Gasteiger partial charge in [-0.25, -0.2) is 0 Å². The van der Waals surface area contributed by atoms with E-state index < -0.39 is 0 Å². The van der Waals surface area contributed by atoms with Crippen LogP contribution in [0.15, 0.2) is 18.2 Å². The lowest BCUT2D eigenvalue weighted by Gasteiger charge is -2.22. The van der Waals surface area contributed by atoms with E-state index in [1.54, 1.807) is 0 Å². The van der Waals surface area contributed by atoms with Gasteiger partial charge in [-0.15, -0.1) is 0 Å². The molecular weight excluding hydrogens is 210 g/mol. The topological polar surface area (TPSA) is 20.3 Å². The fraction of sp³-hybridized carbons (Fsp3) is 0.533. The smallest absolute Gasteiger partial charge is 0.226 e. The van der Waals surface area contributed by atoms with Crippen LogP contribution in [0.4, 0.5) is 5.69 Å². The number of carbonyl (C=O) groups is 1. The predicted octanol–water partition coefficient (Wildman–Crippen LogP) is 3.28. The molecule has 0 atom stereocenters. The average molecular weight is 231 g/mol. The monoisotopic (exact) mass is 231 g/mol. The van der Waals surface area contributed by atoms with Gasteiger partial charge >= 0.3 is 0 Å². The van der Waals surface area contributed by atoms with Crippen molar-refractivity contribution in [2.24, 2.45) is 0 Å². The molecule has 1 aliphatic heterocycles. The van der Waals surface area contributed by atoms with Crippen LogP contribution in [0.1, 0.15) is 45.2 Å². The van der Waals surface area contributed by atoms with E-state index in [2.05, 4.69) is 39.0 Å². The lowest BCUT2D eigenvalue weighted by molar-refractivity contribution is -0.118. The van der Waals surface area contributed by atoms with Crippen LogP contribution >= 0.6 is 0 Å². The van der Waals surface area contributed by atoms with Crippen molar-refractivity contribution >= 4 is 11.6 Å². The molecule has 0 spiro atoms. The lowest BCUT2D eigenvalue weighted by atomic mass is 9.86. The van der Waals surface area contributed by atoms with Gasteiger partial charge in [0.15, 0.2) is 0 Å². The number of anilines is 1. The Labute approximate surface area is 104 Å². The summed E-state index contributed by atoms with van der Waals surface area (Å²) in [4.78, 5) is 13.8. The van der Waals surface area contributed by atoms with E-state index in [9.17, 15) is 4.79 Å². The zero-order chi connectivity index (χ0) is 12.6. The third kappa shape index (κ3) is 2.21. The summed E-state index contributed by atoms with van der Waals surface area (Å²) < 4.78 is 0. The molecule has 1 aliphatic rings. The van der Waals surface area contributed by atoms with E-state index in [0.29, 0.717) is 6.42 Å². The molecule has 0 N–H and O–H groups in total. The minimum atomic E-state index is 0.137. The first kappa shape index (κ1) is 12.2. The van der Waals surface area contributed by atoms with Gasteiger partial charge in [-0.05, 0) is 29.0 Å². The first-order valence-electron chi connectivity index (χ1n) is 6.37. The molecule has 1 amide bonds. The van der Waals surface area contributed by atoms with Gasteiger partial charge in [-0.2, -0.15) is 0 Å². The highest BCUT2D eigenvalue weighted by Crippen LogP contribution is 2.33. The van der Waals surface area contributed by atoms with E-state index in [1.165, 1.54) is 11.1 Å². The van der Waals surface area contributed by atoms with Crippen molar-refractivity contribution in [3.63, 3.8) is 0 Å². The highest BCUT2D eigenvalue weighted by atomic mass is 16.2. The highest BCUT2D eigenvalue weighted by molar-refractivity contribution is 5.95. The average Bonchev–Trinajstić information content (AvgIpc) is 2.69. The van der Waals surface area contributed by atoms with E-state index in [-0.39, 0.29) is 11.3 Å². The molecule has 0 aromatic heterocycles. The Balaban J connectivity index is 2.41. The SMILES string of the molecule is CCC(=O)N1CCc2ccc(C(C)(C)C)cc21. The molecule has 0 bridgehead atoms. The van der Waals surface area contributed by atoms with Gasteiger partial charge < -0.3 is 4.90 Å². The highest BCUT2D eigenvalue weighted by Gasteiger charge is 2.25. The third-order valence-electron chi connectivity index (χ3n) is 3.45. The summed E-state index contributed by atoms with van der Waals surface area (Å²) in [6.45, 7) is 9.38. The second-order valence-corrected chi connectivity index (χ2v) is 5.74. The molecule has 0 saturated carbocycles. The van der Waals surface area contributed by atoms with Gasteiger partial charge in [0.05, 0.1) is 0 Å². The van der Waals surface area contributed by atoms with Crippen molar-refractivity contribution in [2.45, 2.75) is 46.0 Å². The molecule has 0 radical (unpaired) electrons. The third-order valence-corrected chi connectivity index (χ3v) is 3.45. The molecule has 0 fully saturated rings. The van der Waals surface area contributed by atoms with Gasteiger partial charge in [0.2, 0.25) is 5.91 Å². The maximum atomic E-state index is 11.9. The number of rotatable bonds is 1. The standard InChI is InChI=1S/C15H21NO/c1-5-14(17)16-9-8-11-6-7-12(10-13(11)16)15(2,3)4/h6-7,10H,5,8-9H2,1-4H3. The Morgan fingerprint density at radius 3 is 2.65 bits per heavy atom. The first-order chi connectivity index (χ1) is 7.93. The van der Waals surface area contributed by atoms with Crippen LogP contribution < -0.4 is 4.90 Å². The fourth-order valence-corrected chi connectivity index (χ4v) is 2.30. The van der Waals surface area contributed by atoms with Gasteiger partial charge in [-0.1, -0.05) is 39.8 Å². The van der Waals surface area contributed by atoms with Crippen molar-refractivity contribution in [2.75, 3.05) is 11.4 Å². The molecule has 0 aliphatic carbocycles. The lowest BCUT2D eigenvalue weighted by Crippen LogP contribution is -2.28. The number of hydrogen-bond donors (Lipinski definition) is 0. The van der Waals surface area contributed by atoms with Crippen LogP contribution in [0.3, 0.4) is 0 Å². The van der Waals surface area contributed by atoms with Crippen LogP contribution in [-0.4, -0.2) is 12.5 Å². The Morgan fingerprint density at radius 1 is 1.35 bits per heavy atom. The summed E-state index contributed by atoms with van der Waals surface area (Å²) in [7, 11) is 0. The molecule has 1 heterocycles. The van der Waals surface area contributed by atoms with Crippen molar-refractivity contribution in [1.29, 1.82) is 0 Å². The zero-order valence-electron chi connectivity index (χ0n) is 11.2. The number of carbonyl (C=O) groups excluding carboxylic acids is 1. The van der Waals surface area contributed by atoms with E-state index >= 15 is 0 Å². The van der Waals surface area contributed by atoms with Crippen LogP contribution in [-0.2, 0) is 16.6 Å². The zero-order valence-corrected chi connectivity index (χ0v) is 11.2. The van der Waals surface area contributed by atoms with E-state index in [4.69, 9.17) is 0 Å². The van der Waals surface area contributed by atoms with Gasteiger partial charge in [0, 0.05) is 18.7 Å². The molecule has 0 unspecified atom stereocenters. The Morgan fingerprint density at radius 2 is 2.06 bits per heavy atom. The van der Waals surface area contributed by atoms with Crippen LogP contribution in [0.2, 0.25) is 0 Å². The maximum absolute atomic E-state index is 11.9. The van der Waals surface area contributed by atoms with Crippen molar-refractivity contribution < 1.29 is 4.79 Å². The summed E-state index contributed by atoms with van der Waals surface area (Å²) in [6.07, 6.45) is 1.57. The molecule has 2 heteroatoms. The molecule has 0 saturated heterocycles. The van der Waals surface area contributed by atoms with Crippen molar-refractivity contribution in [3.8, 4) is 0 Å². The number of nitrogens with zero attached hydrogens (tertiary/aromatic N) is 1. The summed E-state index contributed by atoms with van der Waals surface area (Å²) >= 11 is 0. The normalized spacial score (nSPS) is 14.9. The van der Waals surface area contributed by atoms with Crippen molar-refractivity contribution in [1.82, 2.24) is 0 Å². The first-order valence-corrected chi connectivity index (χ1v) is 6.37. The van der Waals surface area contributed by atoms with Crippen LogP contribution in [0.5, 0.6) is 0 Å².